The molecule has 0 fully saturated rings. The van der Waals surface area contributed by atoms with Crippen molar-refractivity contribution in [3.05, 3.63) is 70.5 Å². The van der Waals surface area contributed by atoms with Crippen molar-refractivity contribution in [3.63, 3.8) is 0 Å². The van der Waals surface area contributed by atoms with E-state index in [0.29, 0.717) is 12.0 Å². The Balaban J connectivity index is 2.47. The summed E-state index contributed by atoms with van der Waals surface area (Å²) >= 11 is 0. The zero-order valence-corrected chi connectivity index (χ0v) is 18.2. The minimum absolute atomic E-state index is 0.0569. The van der Waals surface area contributed by atoms with Gasteiger partial charge in [-0.1, -0.05) is 63.4 Å². The van der Waals surface area contributed by atoms with Gasteiger partial charge in [-0.2, -0.15) is 0 Å². The number of nitrogens with one attached hydrogen (secondary N) is 1. The lowest BCUT2D eigenvalue weighted by Gasteiger charge is -2.40. The Kier molecular flexibility index (Phi) is 7.17. The van der Waals surface area contributed by atoms with E-state index in [0.717, 1.165) is 17.5 Å². The Hall–Kier alpha value is -2.69. The highest BCUT2D eigenvalue weighted by atomic mass is 19.1. The summed E-state index contributed by atoms with van der Waals surface area (Å²) in [4.78, 5) is 26.3. The zero-order chi connectivity index (χ0) is 21.8. The van der Waals surface area contributed by atoms with E-state index in [1.807, 2.05) is 47.6 Å². The lowest BCUT2D eigenvalue weighted by atomic mass is 9.83. The van der Waals surface area contributed by atoms with Crippen molar-refractivity contribution in [2.45, 2.75) is 60.4 Å². The SMILES string of the molecule is CCC[C@@H](N(NC(=O)c1cc(C)cc(C)c1)C(=O)c1ccccc1F)C(C)(C)C. The minimum atomic E-state index is -0.604. The smallest absolute Gasteiger partial charge is 0.267 e. The molecule has 2 rings (SSSR count). The second-order valence-electron chi connectivity index (χ2n) is 8.64. The molecule has 1 N–H and O–H groups in total. The number of carbonyl (C=O) groups is 2. The summed E-state index contributed by atoms with van der Waals surface area (Å²) in [5.74, 6) is -1.53. The fourth-order valence-corrected chi connectivity index (χ4v) is 3.54. The molecule has 0 aliphatic heterocycles. The molecular weight excluding hydrogens is 367 g/mol. The quantitative estimate of drug-likeness (QED) is 0.682. The first kappa shape index (κ1) is 22.6. The van der Waals surface area contributed by atoms with Crippen LogP contribution in [0.15, 0.2) is 42.5 Å². The number of hydrazine groups is 1. The van der Waals surface area contributed by atoms with E-state index in [1.54, 1.807) is 18.2 Å². The van der Waals surface area contributed by atoms with E-state index >= 15 is 0 Å². The van der Waals surface area contributed by atoms with Gasteiger partial charge in [0.05, 0.1) is 11.6 Å². The maximum Gasteiger partial charge on any atom is 0.275 e. The van der Waals surface area contributed by atoms with E-state index in [1.165, 1.54) is 23.2 Å². The molecule has 0 aliphatic rings. The molecule has 0 aromatic heterocycles. The van der Waals surface area contributed by atoms with Crippen LogP contribution in [0.4, 0.5) is 4.39 Å². The van der Waals surface area contributed by atoms with E-state index < -0.39 is 11.7 Å². The highest BCUT2D eigenvalue weighted by Gasteiger charge is 2.35. The van der Waals surface area contributed by atoms with Gasteiger partial charge in [0.2, 0.25) is 0 Å². The van der Waals surface area contributed by atoms with Gasteiger partial charge in [0.25, 0.3) is 11.8 Å². The fraction of sp³-hybridized carbons (Fsp3) is 0.417. The average molecular weight is 399 g/mol. The predicted octanol–water partition coefficient (Wildman–Crippen LogP) is 5.44. The number of hydrogen-bond acceptors (Lipinski definition) is 2. The normalized spacial score (nSPS) is 12.4. The van der Waals surface area contributed by atoms with Crippen molar-refractivity contribution in [1.29, 1.82) is 0 Å². The molecule has 0 heterocycles. The van der Waals surface area contributed by atoms with Gasteiger partial charge >= 0.3 is 0 Å². The first-order valence-electron chi connectivity index (χ1n) is 10.0. The second kappa shape index (κ2) is 9.21. The summed E-state index contributed by atoms with van der Waals surface area (Å²) in [6.45, 7) is 11.9. The van der Waals surface area contributed by atoms with E-state index in [2.05, 4.69) is 5.43 Å². The van der Waals surface area contributed by atoms with Crippen LogP contribution >= 0.6 is 0 Å². The number of carbonyl (C=O) groups excluding carboxylic acids is 2. The van der Waals surface area contributed by atoms with Crippen LogP contribution in [0.3, 0.4) is 0 Å². The lowest BCUT2D eigenvalue weighted by Crippen LogP contribution is -2.56. The number of hydrogen-bond donors (Lipinski definition) is 1. The minimum Gasteiger partial charge on any atom is -0.267 e. The Morgan fingerprint density at radius 2 is 1.66 bits per heavy atom. The van der Waals surface area contributed by atoms with Crippen molar-refractivity contribution < 1.29 is 14.0 Å². The van der Waals surface area contributed by atoms with Crippen LogP contribution in [0.25, 0.3) is 0 Å². The molecule has 156 valence electrons. The molecule has 0 bridgehead atoms. The largest absolute Gasteiger partial charge is 0.275 e. The Morgan fingerprint density at radius 3 is 2.17 bits per heavy atom. The molecule has 4 nitrogen and oxygen atoms in total. The van der Waals surface area contributed by atoms with Gasteiger partial charge in [-0.15, -0.1) is 0 Å². The van der Waals surface area contributed by atoms with Crippen LogP contribution < -0.4 is 5.43 Å². The van der Waals surface area contributed by atoms with Crippen LogP contribution in [0, 0.1) is 25.1 Å². The second-order valence-corrected chi connectivity index (χ2v) is 8.64. The molecule has 0 saturated carbocycles. The van der Waals surface area contributed by atoms with Crippen molar-refractivity contribution in [1.82, 2.24) is 10.4 Å². The maximum atomic E-state index is 14.4. The average Bonchev–Trinajstić information content (AvgIpc) is 2.62. The van der Waals surface area contributed by atoms with Gasteiger partial charge in [-0.25, -0.2) is 9.40 Å². The van der Waals surface area contributed by atoms with Gasteiger partial charge < -0.3 is 0 Å². The molecule has 29 heavy (non-hydrogen) atoms. The van der Waals surface area contributed by atoms with E-state index in [9.17, 15) is 14.0 Å². The van der Waals surface area contributed by atoms with Gasteiger partial charge in [0.15, 0.2) is 0 Å². The number of halogens is 1. The molecule has 0 spiro atoms. The first-order valence-corrected chi connectivity index (χ1v) is 10.0. The highest BCUT2D eigenvalue weighted by molar-refractivity contribution is 5.99. The molecule has 0 radical (unpaired) electrons. The van der Waals surface area contributed by atoms with Gasteiger partial charge in [0.1, 0.15) is 5.82 Å². The lowest BCUT2D eigenvalue weighted by molar-refractivity contribution is 0.0267. The predicted molar refractivity (Wildman–Crippen MR) is 114 cm³/mol. The van der Waals surface area contributed by atoms with Gasteiger partial charge in [-0.05, 0) is 49.9 Å². The summed E-state index contributed by atoms with van der Waals surface area (Å²) in [5, 5.41) is 1.32. The molecule has 0 saturated heterocycles. The Morgan fingerprint density at radius 1 is 1.07 bits per heavy atom. The standard InChI is InChI=1S/C24H31FN2O2/c1-7-10-21(24(4,5)6)27(23(29)19-11-8-9-12-20(19)25)26-22(28)18-14-16(2)13-17(3)15-18/h8-9,11-15,21H,7,10H2,1-6H3,(H,26,28)/t21-/m1/s1. The summed E-state index contributed by atoms with van der Waals surface area (Å²) in [6, 6.07) is 11.1. The van der Waals surface area contributed by atoms with Crippen molar-refractivity contribution in [2.24, 2.45) is 5.41 Å². The number of benzene rings is 2. The van der Waals surface area contributed by atoms with Crippen LogP contribution in [-0.2, 0) is 0 Å². The molecule has 2 aromatic rings. The van der Waals surface area contributed by atoms with E-state index in [4.69, 9.17) is 0 Å². The number of aryl methyl sites for hydroxylation is 2. The third-order valence-corrected chi connectivity index (χ3v) is 4.90. The third-order valence-electron chi connectivity index (χ3n) is 4.90. The zero-order valence-electron chi connectivity index (χ0n) is 18.2. The number of nitrogens with zero attached hydrogens (tertiary/aromatic N) is 1. The fourth-order valence-electron chi connectivity index (χ4n) is 3.54. The Bertz CT molecular complexity index is 866. The summed E-state index contributed by atoms with van der Waals surface area (Å²) in [6.07, 6.45) is 1.50. The van der Waals surface area contributed by atoms with Crippen molar-refractivity contribution in [2.75, 3.05) is 0 Å². The molecule has 2 amide bonds. The molecule has 0 aliphatic carbocycles. The molecule has 2 aromatic carbocycles. The first-order chi connectivity index (χ1) is 13.5. The van der Waals surface area contributed by atoms with Crippen LogP contribution in [-0.4, -0.2) is 22.9 Å². The topological polar surface area (TPSA) is 49.4 Å². The monoisotopic (exact) mass is 398 g/mol. The van der Waals surface area contributed by atoms with Gasteiger partial charge in [0, 0.05) is 5.56 Å². The molecular formula is C24H31FN2O2. The molecule has 0 unspecified atom stereocenters. The molecule has 1 atom stereocenters. The third kappa shape index (κ3) is 5.66. The van der Waals surface area contributed by atoms with Crippen molar-refractivity contribution in [3.8, 4) is 0 Å². The van der Waals surface area contributed by atoms with Crippen LogP contribution in [0.1, 0.15) is 72.4 Å². The van der Waals surface area contributed by atoms with Crippen LogP contribution in [0.5, 0.6) is 0 Å². The van der Waals surface area contributed by atoms with Crippen molar-refractivity contribution >= 4 is 11.8 Å². The van der Waals surface area contributed by atoms with E-state index in [-0.39, 0.29) is 22.9 Å². The molecule has 5 heteroatoms. The maximum absolute atomic E-state index is 14.4. The summed E-state index contributed by atoms with van der Waals surface area (Å²) in [7, 11) is 0. The van der Waals surface area contributed by atoms with Gasteiger partial charge in [-0.3, -0.25) is 15.0 Å². The summed E-state index contributed by atoms with van der Waals surface area (Å²) in [5.41, 5.74) is 4.81. The van der Waals surface area contributed by atoms with Crippen LogP contribution in [0.2, 0.25) is 0 Å². The number of rotatable bonds is 5. The highest BCUT2D eigenvalue weighted by Crippen LogP contribution is 2.29. The Labute approximate surface area is 173 Å². The number of amides is 2. The summed E-state index contributed by atoms with van der Waals surface area (Å²) < 4.78 is 14.4.